The molecule has 0 aromatic heterocycles. The summed E-state index contributed by atoms with van der Waals surface area (Å²) in [7, 11) is 0. The van der Waals surface area contributed by atoms with Crippen molar-refractivity contribution in [3.8, 4) is 0 Å². The van der Waals surface area contributed by atoms with Gasteiger partial charge in [0.05, 0.1) is 0 Å². The molecule has 0 atom stereocenters. The van der Waals surface area contributed by atoms with Gasteiger partial charge in [0.15, 0.2) is 0 Å². The second-order valence-corrected chi connectivity index (χ2v) is 5.99. The van der Waals surface area contributed by atoms with Crippen molar-refractivity contribution in [3.63, 3.8) is 0 Å². The first kappa shape index (κ1) is 13.7. The molecule has 1 aromatic carbocycles. The van der Waals surface area contributed by atoms with Crippen molar-refractivity contribution in [2.24, 2.45) is 5.92 Å². The summed E-state index contributed by atoms with van der Waals surface area (Å²) in [5.74, 6) is 1.57. The first-order valence-electron chi connectivity index (χ1n) is 6.10. The van der Waals surface area contributed by atoms with E-state index in [0.29, 0.717) is 12.3 Å². The number of carbonyl (C=O) groups is 1. The monoisotopic (exact) mass is 284 g/mol. The lowest BCUT2D eigenvalue weighted by Crippen LogP contribution is -2.48. The van der Waals surface area contributed by atoms with Crippen molar-refractivity contribution in [1.29, 1.82) is 0 Å². The van der Waals surface area contributed by atoms with Gasteiger partial charge in [-0.15, -0.1) is 11.8 Å². The summed E-state index contributed by atoms with van der Waals surface area (Å²) in [4.78, 5) is 12.7. The molecule has 2 N–H and O–H groups in total. The minimum Gasteiger partial charge on any atom is -0.356 e. The van der Waals surface area contributed by atoms with Crippen LogP contribution in [0.5, 0.6) is 0 Å². The van der Waals surface area contributed by atoms with E-state index in [9.17, 15) is 4.79 Å². The minimum atomic E-state index is 0.142. The van der Waals surface area contributed by atoms with Crippen molar-refractivity contribution in [2.75, 3.05) is 25.4 Å². The van der Waals surface area contributed by atoms with Gasteiger partial charge < -0.3 is 10.6 Å². The van der Waals surface area contributed by atoms with Crippen molar-refractivity contribution in [3.05, 3.63) is 29.3 Å². The maximum Gasteiger partial charge on any atom is 0.220 e. The van der Waals surface area contributed by atoms with E-state index in [1.54, 1.807) is 11.8 Å². The smallest absolute Gasteiger partial charge is 0.220 e. The molecule has 0 unspecified atom stereocenters. The van der Waals surface area contributed by atoms with E-state index in [0.717, 1.165) is 35.3 Å². The van der Waals surface area contributed by atoms with Crippen LogP contribution >= 0.6 is 23.4 Å². The molecule has 0 radical (unpaired) electrons. The molecule has 5 heteroatoms. The average molecular weight is 285 g/mol. The lowest BCUT2D eigenvalue weighted by atomic mass is 10.0. The van der Waals surface area contributed by atoms with E-state index in [1.165, 1.54) is 0 Å². The van der Waals surface area contributed by atoms with Crippen molar-refractivity contribution >= 4 is 29.3 Å². The predicted molar refractivity (Wildman–Crippen MR) is 76.2 cm³/mol. The van der Waals surface area contributed by atoms with Crippen molar-refractivity contribution in [1.82, 2.24) is 10.6 Å². The number of benzene rings is 1. The fraction of sp³-hybridized carbons (Fsp3) is 0.462. The Balaban J connectivity index is 1.59. The Bertz CT molecular complexity index is 392. The topological polar surface area (TPSA) is 41.1 Å². The first-order chi connectivity index (χ1) is 8.74. The Labute approximate surface area is 117 Å². The lowest BCUT2D eigenvalue weighted by Gasteiger charge is -2.27. The molecule has 1 aliphatic heterocycles. The minimum absolute atomic E-state index is 0.142. The third-order valence-corrected chi connectivity index (χ3v) is 4.13. The third-order valence-electron chi connectivity index (χ3n) is 2.87. The second kappa shape index (κ2) is 7.02. The standard InChI is InChI=1S/C13H17ClN2OS/c14-11-1-3-12(4-2-11)18-6-5-13(17)16-9-10-7-15-8-10/h1-4,10,15H,5-9H2,(H,16,17). The van der Waals surface area contributed by atoms with Gasteiger partial charge in [-0.25, -0.2) is 0 Å². The van der Waals surface area contributed by atoms with Gasteiger partial charge >= 0.3 is 0 Å². The van der Waals surface area contributed by atoms with E-state index in [2.05, 4.69) is 10.6 Å². The fourth-order valence-electron chi connectivity index (χ4n) is 1.63. The number of halogens is 1. The molecule has 0 saturated carbocycles. The Morgan fingerprint density at radius 3 is 2.72 bits per heavy atom. The number of nitrogens with one attached hydrogen (secondary N) is 2. The number of hydrogen-bond donors (Lipinski definition) is 2. The summed E-state index contributed by atoms with van der Waals surface area (Å²) in [6, 6.07) is 7.69. The molecule has 1 saturated heterocycles. The Morgan fingerprint density at radius 2 is 2.11 bits per heavy atom. The number of thioether (sulfide) groups is 1. The number of amides is 1. The summed E-state index contributed by atoms with van der Waals surface area (Å²) in [6.07, 6.45) is 0.563. The zero-order chi connectivity index (χ0) is 12.8. The second-order valence-electron chi connectivity index (χ2n) is 4.38. The van der Waals surface area contributed by atoms with E-state index >= 15 is 0 Å². The average Bonchev–Trinajstić information content (AvgIpc) is 2.30. The zero-order valence-corrected chi connectivity index (χ0v) is 11.7. The maximum absolute atomic E-state index is 11.6. The molecule has 1 amide bonds. The molecule has 1 aromatic rings. The Kier molecular flexibility index (Phi) is 5.35. The molecule has 98 valence electrons. The van der Waals surface area contributed by atoms with Crippen LogP contribution in [-0.4, -0.2) is 31.3 Å². The van der Waals surface area contributed by atoms with Gasteiger partial charge in [-0.05, 0) is 24.3 Å². The van der Waals surface area contributed by atoms with E-state index in [1.807, 2.05) is 24.3 Å². The molecule has 0 aliphatic carbocycles. The highest BCUT2D eigenvalue weighted by Crippen LogP contribution is 2.20. The summed E-state index contributed by atoms with van der Waals surface area (Å²) in [5.41, 5.74) is 0. The molecule has 18 heavy (non-hydrogen) atoms. The molecule has 0 spiro atoms. The maximum atomic E-state index is 11.6. The van der Waals surface area contributed by atoms with Gasteiger partial charge in [-0.1, -0.05) is 11.6 Å². The summed E-state index contributed by atoms with van der Waals surface area (Å²) < 4.78 is 0. The number of carbonyl (C=O) groups excluding carboxylic acids is 1. The third kappa shape index (κ3) is 4.52. The number of hydrogen-bond acceptors (Lipinski definition) is 3. The zero-order valence-electron chi connectivity index (χ0n) is 10.1. The van der Waals surface area contributed by atoms with Crippen LogP contribution < -0.4 is 10.6 Å². The summed E-state index contributed by atoms with van der Waals surface area (Å²) in [6.45, 7) is 2.86. The molecule has 1 fully saturated rings. The van der Waals surface area contributed by atoms with Crippen LogP contribution in [0.25, 0.3) is 0 Å². The molecule has 2 rings (SSSR count). The number of rotatable bonds is 6. The largest absolute Gasteiger partial charge is 0.356 e. The van der Waals surface area contributed by atoms with Gasteiger partial charge in [-0.3, -0.25) is 4.79 Å². The molecular formula is C13H17ClN2OS. The highest BCUT2D eigenvalue weighted by molar-refractivity contribution is 7.99. The van der Waals surface area contributed by atoms with Crippen molar-refractivity contribution in [2.45, 2.75) is 11.3 Å². The quantitative estimate of drug-likeness (QED) is 0.787. The molecule has 0 bridgehead atoms. The van der Waals surface area contributed by atoms with Crippen LogP contribution in [-0.2, 0) is 4.79 Å². The van der Waals surface area contributed by atoms with Crippen LogP contribution in [0.1, 0.15) is 6.42 Å². The van der Waals surface area contributed by atoms with E-state index in [-0.39, 0.29) is 5.91 Å². The lowest BCUT2D eigenvalue weighted by molar-refractivity contribution is -0.120. The van der Waals surface area contributed by atoms with Gasteiger partial charge in [-0.2, -0.15) is 0 Å². The van der Waals surface area contributed by atoms with E-state index < -0.39 is 0 Å². The van der Waals surface area contributed by atoms with Gasteiger partial charge in [0, 0.05) is 47.6 Å². The highest BCUT2D eigenvalue weighted by Gasteiger charge is 2.16. The molecular weight excluding hydrogens is 268 g/mol. The summed E-state index contributed by atoms with van der Waals surface area (Å²) >= 11 is 7.49. The Hall–Kier alpha value is -0.710. The van der Waals surface area contributed by atoms with Crippen LogP contribution in [0.3, 0.4) is 0 Å². The van der Waals surface area contributed by atoms with Crippen molar-refractivity contribution < 1.29 is 4.79 Å². The predicted octanol–water partition coefficient (Wildman–Crippen LogP) is 2.16. The normalized spacial score (nSPS) is 15.2. The molecule has 1 heterocycles. The summed E-state index contributed by atoms with van der Waals surface area (Å²) in [5, 5.41) is 6.90. The Morgan fingerprint density at radius 1 is 1.39 bits per heavy atom. The molecule has 3 nitrogen and oxygen atoms in total. The van der Waals surface area contributed by atoms with E-state index in [4.69, 9.17) is 11.6 Å². The van der Waals surface area contributed by atoms with Gasteiger partial charge in [0.25, 0.3) is 0 Å². The SMILES string of the molecule is O=C(CCSc1ccc(Cl)cc1)NCC1CNC1. The van der Waals surface area contributed by atoms with Crippen LogP contribution in [0.2, 0.25) is 5.02 Å². The van der Waals surface area contributed by atoms with Crippen LogP contribution in [0.15, 0.2) is 29.2 Å². The van der Waals surface area contributed by atoms with Crippen LogP contribution in [0, 0.1) is 5.92 Å². The van der Waals surface area contributed by atoms with Crippen LogP contribution in [0.4, 0.5) is 0 Å². The highest BCUT2D eigenvalue weighted by atomic mass is 35.5. The van der Waals surface area contributed by atoms with Gasteiger partial charge in [0.2, 0.25) is 5.91 Å². The fourth-order valence-corrected chi connectivity index (χ4v) is 2.61. The van der Waals surface area contributed by atoms with Gasteiger partial charge in [0.1, 0.15) is 0 Å². The first-order valence-corrected chi connectivity index (χ1v) is 7.46. The molecule has 1 aliphatic rings.